The molecule has 0 atom stereocenters. The van der Waals surface area contributed by atoms with Gasteiger partial charge in [-0.2, -0.15) is 0 Å². The summed E-state index contributed by atoms with van der Waals surface area (Å²) in [6, 6.07) is 43.9. The quantitative estimate of drug-likeness (QED) is 0.208. The Morgan fingerprint density at radius 3 is 1.49 bits per heavy atom. The Labute approximate surface area is 322 Å². The molecule has 0 amide bonds. The van der Waals surface area contributed by atoms with Gasteiger partial charge in [-0.1, -0.05) is 120 Å². The number of hydrogen-bond donors (Lipinski definition) is 0. The van der Waals surface area contributed by atoms with Gasteiger partial charge in [-0.3, -0.25) is 0 Å². The van der Waals surface area contributed by atoms with E-state index in [4.69, 9.17) is 63.0 Å². The zero-order valence-electron chi connectivity index (χ0n) is 29.2. The first-order valence-corrected chi connectivity index (χ1v) is 17.6. The van der Waals surface area contributed by atoms with Gasteiger partial charge >= 0.3 is 0 Å². The van der Waals surface area contributed by atoms with Crippen LogP contribution in [-0.4, -0.2) is 54.2 Å². The fraction of sp³-hybridized carbons (Fsp3) is 0. The normalized spacial score (nSPS) is 11.6. The zero-order valence-corrected chi connectivity index (χ0v) is 29.2. The van der Waals surface area contributed by atoms with Gasteiger partial charge < -0.3 is 8.83 Å². The molecule has 10 rings (SSSR count). The molecule has 7 aromatic carbocycles. The molecule has 0 N–H and O–H groups in total. The number of aromatic nitrogens is 3. The number of rotatable bonds is 5. The molecule has 0 fully saturated rings. The molecule has 0 unspecified atom stereocenters. The highest BCUT2D eigenvalue weighted by Gasteiger charge is 2.20. The maximum absolute atomic E-state index is 6.70. The summed E-state index contributed by atoms with van der Waals surface area (Å²) < 4.78 is 13.1. The Kier molecular flexibility index (Phi) is 7.70. The number of fused-ring (bicyclic) bond motifs is 6. The highest BCUT2D eigenvalue weighted by Crippen LogP contribution is 2.41. The van der Waals surface area contributed by atoms with E-state index in [-0.39, 0.29) is 27.3 Å². The summed E-state index contributed by atoms with van der Waals surface area (Å²) in [5.74, 6) is 1.44. The maximum atomic E-state index is 6.70. The third kappa shape index (κ3) is 5.35. The van der Waals surface area contributed by atoms with Gasteiger partial charge in [-0.15, -0.1) is 16.4 Å². The van der Waals surface area contributed by atoms with Crippen molar-refractivity contribution in [1.82, 2.24) is 15.0 Å². The smallest absolute Gasteiger partial charge is 0.164 e. The standard InChI is InChI=1S/C45H22B5N3O2/c46-36-35(37(47)39(49)40(50)38(36)48)24-11-6-12-25(21-24)44-51-43(23-9-2-1-3-10-23)52-45(53-44)26-19-20-28-30-15-8-17-32(42(30)55-34(28)22-26)31-16-7-14-29-27-13-4-5-18-33(27)54-41(29)31/h1-22H. The first-order valence-electron chi connectivity index (χ1n) is 17.6. The van der Waals surface area contributed by atoms with Gasteiger partial charge in [0.2, 0.25) is 0 Å². The number of furan rings is 2. The van der Waals surface area contributed by atoms with Crippen LogP contribution < -0.4 is 27.3 Å². The van der Waals surface area contributed by atoms with Crippen LogP contribution in [0.4, 0.5) is 0 Å². The van der Waals surface area contributed by atoms with Crippen molar-refractivity contribution < 1.29 is 8.83 Å². The highest BCUT2D eigenvalue weighted by molar-refractivity contribution is 6.68. The third-order valence-electron chi connectivity index (χ3n) is 10.2. The molecule has 3 heterocycles. The van der Waals surface area contributed by atoms with Gasteiger partial charge in [0.1, 0.15) is 61.6 Å². The minimum atomic E-state index is 0.158. The molecular formula is C45H22B5N3O2. The molecule has 244 valence electrons. The van der Waals surface area contributed by atoms with Gasteiger partial charge in [-0.05, 0) is 35.4 Å². The minimum absolute atomic E-state index is 0.158. The summed E-state index contributed by atoms with van der Waals surface area (Å²) >= 11 is 0. The van der Waals surface area contributed by atoms with E-state index in [1.165, 1.54) is 0 Å². The van der Waals surface area contributed by atoms with Gasteiger partial charge in [-0.25, -0.2) is 15.0 Å². The summed E-state index contributed by atoms with van der Waals surface area (Å²) in [4.78, 5) is 14.9. The van der Waals surface area contributed by atoms with Crippen molar-refractivity contribution in [1.29, 1.82) is 0 Å². The molecule has 10 radical (unpaired) electrons. The van der Waals surface area contributed by atoms with Crippen LogP contribution in [0.5, 0.6) is 0 Å². The predicted octanol–water partition coefficient (Wildman–Crippen LogP) is 5.97. The summed E-state index contributed by atoms with van der Waals surface area (Å²) in [6.07, 6.45) is 0. The van der Waals surface area contributed by atoms with Crippen LogP contribution >= 0.6 is 0 Å². The van der Waals surface area contributed by atoms with Crippen LogP contribution in [0.25, 0.3) is 100 Å². The van der Waals surface area contributed by atoms with Gasteiger partial charge in [0, 0.05) is 49.4 Å². The lowest BCUT2D eigenvalue weighted by Crippen LogP contribution is -2.55. The van der Waals surface area contributed by atoms with Crippen LogP contribution in [-0.2, 0) is 0 Å². The fourth-order valence-corrected chi connectivity index (χ4v) is 7.43. The fourth-order valence-electron chi connectivity index (χ4n) is 7.43. The van der Waals surface area contributed by atoms with E-state index in [1.54, 1.807) is 0 Å². The molecule has 3 aromatic heterocycles. The maximum Gasteiger partial charge on any atom is 0.164 e. The largest absolute Gasteiger partial charge is 0.455 e. The molecule has 0 saturated carbocycles. The molecule has 0 bridgehead atoms. The third-order valence-corrected chi connectivity index (χ3v) is 10.2. The molecule has 55 heavy (non-hydrogen) atoms. The van der Waals surface area contributed by atoms with E-state index < -0.39 is 0 Å². The van der Waals surface area contributed by atoms with Crippen LogP contribution in [0.15, 0.2) is 142 Å². The van der Waals surface area contributed by atoms with Gasteiger partial charge in [0.05, 0.1) is 0 Å². The van der Waals surface area contributed by atoms with E-state index in [0.717, 1.165) is 60.5 Å². The van der Waals surface area contributed by atoms with E-state index in [1.807, 2.05) is 84.9 Å². The van der Waals surface area contributed by atoms with Crippen molar-refractivity contribution in [3.8, 4) is 56.4 Å². The molecule has 0 saturated heterocycles. The van der Waals surface area contributed by atoms with Gasteiger partial charge in [0.25, 0.3) is 0 Å². The lowest BCUT2D eigenvalue weighted by atomic mass is 9.59. The highest BCUT2D eigenvalue weighted by atomic mass is 16.3. The van der Waals surface area contributed by atoms with Gasteiger partial charge in [0.15, 0.2) is 17.5 Å². The summed E-state index contributed by atoms with van der Waals surface area (Å²) in [5.41, 5.74) is 9.55. The number of nitrogens with zero attached hydrogens (tertiary/aromatic N) is 3. The second-order valence-corrected chi connectivity index (χ2v) is 13.5. The number of hydrogen-bond acceptors (Lipinski definition) is 5. The lowest BCUT2D eigenvalue weighted by Gasteiger charge is -2.21. The summed E-state index contributed by atoms with van der Waals surface area (Å²) in [6.45, 7) is 0. The number of para-hydroxylation sites is 3. The molecular weight excluding hydrogens is 669 g/mol. The van der Waals surface area contributed by atoms with Crippen molar-refractivity contribution in [3.63, 3.8) is 0 Å². The minimum Gasteiger partial charge on any atom is -0.455 e. The number of benzene rings is 7. The first kappa shape index (κ1) is 33.1. The molecule has 5 nitrogen and oxygen atoms in total. The SMILES string of the molecule is [B]c1c([B])c([B])c(-c2cccc(-c3nc(-c4ccccc4)nc(-c4ccc5c(c4)oc4c(-c6cccc7c6oc6ccccc67)cccc45)n3)c2)c([B])c1[B]. The molecule has 10 heteroatoms. The van der Waals surface area contributed by atoms with Crippen molar-refractivity contribution in [2.75, 3.05) is 0 Å². The predicted molar refractivity (Wildman–Crippen MR) is 229 cm³/mol. The molecule has 0 aliphatic rings. The zero-order chi connectivity index (χ0) is 37.4. The molecule has 0 spiro atoms. The average Bonchev–Trinajstić information content (AvgIpc) is 3.81. The van der Waals surface area contributed by atoms with Crippen molar-refractivity contribution in [2.45, 2.75) is 0 Å². The lowest BCUT2D eigenvalue weighted by molar-refractivity contribution is 0.665. The topological polar surface area (TPSA) is 65.0 Å². The van der Waals surface area contributed by atoms with Crippen molar-refractivity contribution in [2.24, 2.45) is 0 Å². The van der Waals surface area contributed by atoms with Crippen LogP contribution in [0.1, 0.15) is 0 Å². The van der Waals surface area contributed by atoms with Crippen molar-refractivity contribution in [3.05, 3.63) is 133 Å². The van der Waals surface area contributed by atoms with Crippen LogP contribution in [0.3, 0.4) is 0 Å². The summed E-state index contributed by atoms with van der Waals surface area (Å²) in [7, 11) is 31.4. The monoisotopic (exact) mass is 691 g/mol. The molecule has 0 aliphatic heterocycles. The van der Waals surface area contributed by atoms with E-state index in [0.29, 0.717) is 39.7 Å². The van der Waals surface area contributed by atoms with E-state index >= 15 is 0 Å². The Balaban J connectivity index is 1.12. The Hall–Kier alpha value is -6.53. The second-order valence-electron chi connectivity index (χ2n) is 13.5. The molecule has 10 aromatic rings. The summed E-state index contributed by atoms with van der Waals surface area (Å²) in [5, 5.41) is 4.10. The van der Waals surface area contributed by atoms with Crippen LogP contribution in [0.2, 0.25) is 0 Å². The van der Waals surface area contributed by atoms with E-state index in [2.05, 4.69) is 48.5 Å². The molecule has 0 aliphatic carbocycles. The average molecular weight is 691 g/mol. The second kappa shape index (κ2) is 12.8. The van der Waals surface area contributed by atoms with Crippen LogP contribution in [0, 0.1) is 0 Å². The Morgan fingerprint density at radius 2 is 0.818 bits per heavy atom. The Morgan fingerprint density at radius 1 is 0.345 bits per heavy atom. The Bertz CT molecular complexity index is 3150. The van der Waals surface area contributed by atoms with Crippen molar-refractivity contribution >= 4 is 110 Å². The van der Waals surface area contributed by atoms with E-state index in [9.17, 15) is 0 Å². The first-order chi connectivity index (χ1) is 26.8.